The Balaban J connectivity index is 1.85. The van der Waals surface area contributed by atoms with Crippen LogP contribution in [0.4, 0.5) is 0 Å². The summed E-state index contributed by atoms with van der Waals surface area (Å²) >= 11 is 0. The Morgan fingerprint density at radius 1 is 1.29 bits per heavy atom. The molecule has 17 heavy (non-hydrogen) atoms. The summed E-state index contributed by atoms with van der Waals surface area (Å²) in [5.74, 6) is 1.79. The van der Waals surface area contributed by atoms with Crippen molar-refractivity contribution < 1.29 is 9.53 Å². The van der Waals surface area contributed by atoms with Gasteiger partial charge in [-0.1, -0.05) is 13.3 Å². The lowest BCUT2D eigenvalue weighted by molar-refractivity contribution is 0.0976. The van der Waals surface area contributed by atoms with Gasteiger partial charge < -0.3 is 4.74 Å². The summed E-state index contributed by atoms with van der Waals surface area (Å²) in [6, 6.07) is 7.56. The van der Waals surface area contributed by atoms with E-state index in [-0.39, 0.29) is 5.78 Å². The van der Waals surface area contributed by atoms with Gasteiger partial charge in [-0.2, -0.15) is 0 Å². The lowest BCUT2D eigenvalue weighted by Crippen LogP contribution is -2.01. The fraction of sp³-hybridized carbons (Fsp3) is 0.533. The highest BCUT2D eigenvalue weighted by Gasteiger charge is 2.24. The van der Waals surface area contributed by atoms with E-state index >= 15 is 0 Å². The standard InChI is InChI=1S/C15H20O2/c1-2-3-10-17-14-8-6-13(7-9-14)15(16)11-12-4-5-12/h6-9,12H,2-5,10-11H2,1H3. The minimum Gasteiger partial charge on any atom is -0.494 e. The molecule has 0 N–H and O–H groups in total. The molecule has 2 heteroatoms. The van der Waals surface area contributed by atoms with Gasteiger partial charge in [-0.15, -0.1) is 0 Å². The average molecular weight is 232 g/mol. The van der Waals surface area contributed by atoms with Gasteiger partial charge in [0.25, 0.3) is 0 Å². The van der Waals surface area contributed by atoms with E-state index in [9.17, 15) is 4.79 Å². The Hall–Kier alpha value is -1.31. The van der Waals surface area contributed by atoms with E-state index < -0.39 is 0 Å². The van der Waals surface area contributed by atoms with Gasteiger partial charge in [0.05, 0.1) is 6.61 Å². The summed E-state index contributed by atoms with van der Waals surface area (Å²) < 4.78 is 5.56. The maximum absolute atomic E-state index is 11.8. The molecule has 0 bridgehead atoms. The molecule has 2 nitrogen and oxygen atoms in total. The summed E-state index contributed by atoms with van der Waals surface area (Å²) in [6.45, 7) is 2.90. The van der Waals surface area contributed by atoms with Gasteiger partial charge in [0, 0.05) is 12.0 Å². The van der Waals surface area contributed by atoms with Crippen LogP contribution in [0.3, 0.4) is 0 Å². The van der Waals surface area contributed by atoms with E-state index in [2.05, 4.69) is 6.92 Å². The first-order valence-electron chi connectivity index (χ1n) is 6.55. The van der Waals surface area contributed by atoms with E-state index in [4.69, 9.17) is 4.74 Å². The van der Waals surface area contributed by atoms with Crippen LogP contribution in [0.5, 0.6) is 5.75 Å². The maximum Gasteiger partial charge on any atom is 0.163 e. The van der Waals surface area contributed by atoms with Crippen molar-refractivity contribution in [2.45, 2.75) is 39.0 Å². The van der Waals surface area contributed by atoms with Crippen molar-refractivity contribution in [2.75, 3.05) is 6.61 Å². The zero-order valence-electron chi connectivity index (χ0n) is 10.4. The fourth-order valence-corrected chi connectivity index (χ4v) is 1.77. The zero-order valence-corrected chi connectivity index (χ0v) is 10.4. The number of unbranched alkanes of at least 4 members (excludes halogenated alkanes) is 1. The van der Waals surface area contributed by atoms with E-state index in [1.54, 1.807) is 0 Å². The number of hydrogen-bond acceptors (Lipinski definition) is 2. The predicted octanol–water partition coefficient (Wildman–Crippen LogP) is 3.85. The summed E-state index contributed by atoms with van der Waals surface area (Å²) in [6.07, 6.45) is 5.38. The van der Waals surface area contributed by atoms with Gasteiger partial charge in [0.1, 0.15) is 5.75 Å². The lowest BCUT2D eigenvalue weighted by Gasteiger charge is -2.06. The molecule has 0 atom stereocenters. The molecule has 2 rings (SSSR count). The molecule has 1 aliphatic rings. The first-order valence-corrected chi connectivity index (χ1v) is 6.55. The molecular weight excluding hydrogens is 212 g/mol. The highest BCUT2D eigenvalue weighted by molar-refractivity contribution is 5.96. The zero-order chi connectivity index (χ0) is 12.1. The molecule has 1 aromatic carbocycles. The first-order chi connectivity index (χ1) is 8.29. The van der Waals surface area contributed by atoms with Crippen molar-refractivity contribution in [3.63, 3.8) is 0 Å². The SMILES string of the molecule is CCCCOc1ccc(C(=O)CC2CC2)cc1. The van der Waals surface area contributed by atoms with Crippen molar-refractivity contribution in [1.82, 2.24) is 0 Å². The van der Waals surface area contributed by atoms with Crippen LogP contribution in [0.25, 0.3) is 0 Å². The molecule has 1 aliphatic carbocycles. The van der Waals surface area contributed by atoms with Crippen molar-refractivity contribution in [3.05, 3.63) is 29.8 Å². The molecule has 1 saturated carbocycles. The van der Waals surface area contributed by atoms with Crippen molar-refractivity contribution in [3.8, 4) is 5.75 Å². The van der Waals surface area contributed by atoms with Crippen LogP contribution >= 0.6 is 0 Å². The molecule has 0 aromatic heterocycles. The lowest BCUT2D eigenvalue weighted by atomic mass is 10.1. The largest absolute Gasteiger partial charge is 0.494 e. The smallest absolute Gasteiger partial charge is 0.163 e. The highest BCUT2D eigenvalue weighted by Crippen LogP contribution is 2.33. The molecule has 0 amide bonds. The van der Waals surface area contributed by atoms with E-state index in [0.29, 0.717) is 5.92 Å². The van der Waals surface area contributed by atoms with Crippen LogP contribution in [-0.2, 0) is 0 Å². The third-order valence-corrected chi connectivity index (χ3v) is 3.11. The van der Waals surface area contributed by atoms with Gasteiger partial charge in [-0.25, -0.2) is 0 Å². The molecule has 0 spiro atoms. The molecule has 0 aliphatic heterocycles. The number of rotatable bonds is 7. The normalized spacial score (nSPS) is 14.6. The van der Waals surface area contributed by atoms with Crippen molar-refractivity contribution in [1.29, 1.82) is 0 Å². The summed E-state index contributed by atoms with van der Waals surface area (Å²) in [5.41, 5.74) is 0.819. The highest BCUT2D eigenvalue weighted by atomic mass is 16.5. The minimum atomic E-state index is 0.271. The monoisotopic (exact) mass is 232 g/mol. The Kier molecular flexibility index (Phi) is 4.18. The molecule has 0 heterocycles. The number of hydrogen-bond donors (Lipinski definition) is 0. The molecule has 92 valence electrons. The molecule has 1 fully saturated rings. The maximum atomic E-state index is 11.8. The number of Topliss-reactive ketones (excluding diaryl/α,β-unsaturated/α-hetero) is 1. The van der Waals surface area contributed by atoms with Gasteiger partial charge in [-0.3, -0.25) is 4.79 Å². The minimum absolute atomic E-state index is 0.271. The van der Waals surface area contributed by atoms with E-state index in [1.165, 1.54) is 12.8 Å². The molecule has 0 radical (unpaired) electrons. The van der Waals surface area contributed by atoms with Crippen LogP contribution in [-0.4, -0.2) is 12.4 Å². The second-order valence-corrected chi connectivity index (χ2v) is 4.80. The van der Waals surface area contributed by atoms with Crippen molar-refractivity contribution >= 4 is 5.78 Å². The average Bonchev–Trinajstić information content (AvgIpc) is 3.14. The molecule has 1 aromatic rings. The van der Waals surface area contributed by atoms with Gasteiger partial charge in [0.2, 0.25) is 0 Å². The van der Waals surface area contributed by atoms with Crippen LogP contribution in [0.2, 0.25) is 0 Å². The first kappa shape index (κ1) is 12.2. The number of carbonyl (C=O) groups is 1. The quantitative estimate of drug-likeness (QED) is 0.527. The van der Waals surface area contributed by atoms with Crippen LogP contribution in [0.1, 0.15) is 49.4 Å². The van der Waals surface area contributed by atoms with Gasteiger partial charge >= 0.3 is 0 Å². The summed E-state index contributed by atoms with van der Waals surface area (Å²) in [5, 5.41) is 0. The number of benzene rings is 1. The fourth-order valence-electron chi connectivity index (χ4n) is 1.77. The van der Waals surface area contributed by atoms with E-state index in [0.717, 1.165) is 37.2 Å². The third-order valence-electron chi connectivity index (χ3n) is 3.11. The molecular formula is C15H20O2. The summed E-state index contributed by atoms with van der Waals surface area (Å²) in [7, 11) is 0. The topological polar surface area (TPSA) is 26.3 Å². The number of ether oxygens (including phenoxy) is 1. The van der Waals surface area contributed by atoms with Crippen LogP contribution in [0.15, 0.2) is 24.3 Å². The Morgan fingerprint density at radius 3 is 2.59 bits per heavy atom. The van der Waals surface area contributed by atoms with Crippen LogP contribution in [0, 0.1) is 5.92 Å². The molecule has 0 unspecified atom stereocenters. The van der Waals surface area contributed by atoms with Crippen molar-refractivity contribution in [2.24, 2.45) is 5.92 Å². The Morgan fingerprint density at radius 2 is 2.00 bits per heavy atom. The second kappa shape index (κ2) is 5.85. The Bertz CT molecular complexity index is 363. The predicted molar refractivity (Wildman–Crippen MR) is 68.5 cm³/mol. The number of carbonyl (C=O) groups excluding carboxylic acids is 1. The second-order valence-electron chi connectivity index (χ2n) is 4.80. The van der Waals surface area contributed by atoms with Gasteiger partial charge in [-0.05, 0) is 49.4 Å². The third kappa shape index (κ3) is 3.88. The number of ketones is 1. The van der Waals surface area contributed by atoms with E-state index in [1.807, 2.05) is 24.3 Å². The van der Waals surface area contributed by atoms with Crippen LogP contribution < -0.4 is 4.74 Å². The Labute approximate surface area is 103 Å². The summed E-state index contributed by atoms with van der Waals surface area (Å²) in [4.78, 5) is 11.8. The molecule has 0 saturated heterocycles. The van der Waals surface area contributed by atoms with Gasteiger partial charge in [0.15, 0.2) is 5.78 Å².